The van der Waals surface area contributed by atoms with Gasteiger partial charge in [0.05, 0.1) is 5.69 Å². The summed E-state index contributed by atoms with van der Waals surface area (Å²) in [5.74, 6) is -2.33. The van der Waals surface area contributed by atoms with Crippen LogP contribution in [0.5, 0.6) is 0 Å². The Kier molecular flexibility index (Phi) is 7.21. The van der Waals surface area contributed by atoms with Gasteiger partial charge in [0.25, 0.3) is 11.8 Å². The molecule has 166 valence electrons. The molecule has 1 aromatic carbocycles. The Hall–Kier alpha value is -3.01. The van der Waals surface area contributed by atoms with Crippen LogP contribution in [0.25, 0.3) is 0 Å². The molecule has 2 aromatic rings. The summed E-state index contributed by atoms with van der Waals surface area (Å²) in [5, 5.41) is 3.03. The van der Waals surface area contributed by atoms with Crippen molar-refractivity contribution in [2.75, 3.05) is 10.6 Å². The van der Waals surface area contributed by atoms with Crippen LogP contribution >= 0.6 is 11.5 Å². The molecule has 1 fully saturated rings. The molecule has 0 aliphatic heterocycles. The van der Waals surface area contributed by atoms with Crippen LogP contribution in [0.1, 0.15) is 65.6 Å². The van der Waals surface area contributed by atoms with Crippen LogP contribution in [0.4, 0.5) is 15.8 Å². The van der Waals surface area contributed by atoms with Crippen LogP contribution in [-0.4, -0.2) is 34.2 Å². The molecule has 0 saturated heterocycles. The molecule has 1 heterocycles. The standard InChI is InChI=1S/C21H26FN5O3S/c1-2-6-15(20(29)25-13-8-3-4-9-13)27(14-10-5-7-12(22)11-14)21(30)18-16(23)17(19(24)28)26-31-18/h5,7,10-11,13,15H,2-4,6,8-9,23H2,1H3,(H2,24,28)(H,25,29). The van der Waals surface area contributed by atoms with E-state index in [1.165, 1.54) is 23.1 Å². The van der Waals surface area contributed by atoms with Crippen LogP contribution in [0, 0.1) is 5.82 Å². The minimum absolute atomic E-state index is 0.0205. The third-order valence-corrected chi connectivity index (χ3v) is 6.19. The molecule has 1 saturated carbocycles. The fourth-order valence-corrected chi connectivity index (χ4v) is 4.56. The SMILES string of the molecule is CCCC(C(=O)NC1CCCC1)N(C(=O)c1snc(C(N)=O)c1N)c1cccc(F)c1. The van der Waals surface area contributed by atoms with E-state index < -0.39 is 23.7 Å². The fraction of sp³-hybridized carbons (Fsp3) is 0.429. The smallest absolute Gasteiger partial charge is 0.272 e. The molecular weight excluding hydrogens is 421 g/mol. The van der Waals surface area contributed by atoms with Crippen LogP contribution in [0.15, 0.2) is 24.3 Å². The first-order chi connectivity index (χ1) is 14.8. The van der Waals surface area contributed by atoms with E-state index in [-0.39, 0.29) is 33.9 Å². The fourth-order valence-electron chi connectivity index (χ4n) is 3.82. The van der Waals surface area contributed by atoms with Gasteiger partial charge in [-0.25, -0.2) is 4.39 Å². The van der Waals surface area contributed by atoms with Gasteiger partial charge >= 0.3 is 0 Å². The summed E-state index contributed by atoms with van der Waals surface area (Å²) in [7, 11) is 0. The summed E-state index contributed by atoms with van der Waals surface area (Å²) in [4.78, 5) is 39.5. The van der Waals surface area contributed by atoms with Crippen LogP contribution < -0.4 is 21.7 Å². The van der Waals surface area contributed by atoms with Crippen molar-refractivity contribution in [2.24, 2.45) is 5.73 Å². The zero-order valence-electron chi connectivity index (χ0n) is 17.3. The number of halogens is 1. The minimum Gasteiger partial charge on any atom is -0.395 e. The van der Waals surface area contributed by atoms with Crippen molar-refractivity contribution >= 4 is 40.6 Å². The van der Waals surface area contributed by atoms with E-state index in [1.807, 2.05) is 6.92 Å². The molecule has 1 unspecified atom stereocenters. The molecule has 3 amide bonds. The van der Waals surface area contributed by atoms with Crippen LogP contribution in [-0.2, 0) is 4.79 Å². The second kappa shape index (κ2) is 9.86. The van der Waals surface area contributed by atoms with Crippen molar-refractivity contribution < 1.29 is 18.8 Å². The maximum atomic E-state index is 14.0. The number of aromatic nitrogens is 1. The predicted molar refractivity (Wildman–Crippen MR) is 117 cm³/mol. The molecule has 1 aliphatic carbocycles. The normalized spacial score (nSPS) is 14.9. The first-order valence-corrected chi connectivity index (χ1v) is 11.0. The number of primary amides is 1. The highest BCUT2D eigenvalue weighted by atomic mass is 32.1. The van der Waals surface area contributed by atoms with Gasteiger partial charge in [-0.15, -0.1) is 0 Å². The molecule has 0 radical (unpaired) electrons. The Bertz CT molecular complexity index is 974. The van der Waals surface area contributed by atoms with Crippen molar-refractivity contribution in [2.45, 2.75) is 57.5 Å². The van der Waals surface area contributed by atoms with Gasteiger partial charge in [-0.2, -0.15) is 4.37 Å². The maximum absolute atomic E-state index is 14.0. The van der Waals surface area contributed by atoms with E-state index in [0.29, 0.717) is 12.8 Å². The Labute approximate surface area is 184 Å². The van der Waals surface area contributed by atoms with Gasteiger partial charge in [-0.3, -0.25) is 19.3 Å². The first kappa shape index (κ1) is 22.7. The molecule has 1 aromatic heterocycles. The van der Waals surface area contributed by atoms with Crippen molar-refractivity contribution in [1.82, 2.24) is 9.69 Å². The predicted octanol–water partition coefficient (Wildman–Crippen LogP) is 2.84. The number of rotatable bonds is 8. The van der Waals surface area contributed by atoms with E-state index in [9.17, 15) is 18.8 Å². The molecule has 8 nitrogen and oxygen atoms in total. The zero-order chi connectivity index (χ0) is 22.5. The molecule has 10 heteroatoms. The Balaban J connectivity index is 2.02. The van der Waals surface area contributed by atoms with Crippen molar-refractivity contribution in [3.8, 4) is 0 Å². The highest BCUT2D eigenvalue weighted by Crippen LogP contribution is 2.29. The average molecular weight is 448 g/mol. The summed E-state index contributed by atoms with van der Waals surface area (Å²) < 4.78 is 17.9. The molecular formula is C21H26FN5O3S. The molecule has 1 aliphatic rings. The largest absolute Gasteiger partial charge is 0.395 e. The summed E-state index contributed by atoms with van der Waals surface area (Å²) in [5.41, 5.74) is 11.1. The van der Waals surface area contributed by atoms with Gasteiger partial charge in [-0.05, 0) is 49.0 Å². The third-order valence-electron chi connectivity index (χ3n) is 5.34. The maximum Gasteiger partial charge on any atom is 0.272 e. The summed E-state index contributed by atoms with van der Waals surface area (Å²) in [6, 6.07) is 4.65. The topological polar surface area (TPSA) is 131 Å². The Morgan fingerprint density at radius 1 is 1.32 bits per heavy atom. The molecule has 5 N–H and O–H groups in total. The second-order valence-electron chi connectivity index (χ2n) is 7.59. The number of hydrogen-bond acceptors (Lipinski definition) is 6. The highest BCUT2D eigenvalue weighted by Gasteiger charge is 2.35. The molecule has 31 heavy (non-hydrogen) atoms. The zero-order valence-corrected chi connectivity index (χ0v) is 18.1. The lowest BCUT2D eigenvalue weighted by Crippen LogP contribution is -2.51. The molecule has 3 rings (SSSR count). The quantitative estimate of drug-likeness (QED) is 0.573. The molecule has 0 bridgehead atoms. The van der Waals surface area contributed by atoms with E-state index >= 15 is 0 Å². The third kappa shape index (κ3) is 5.01. The second-order valence-corrected chi connectivity index (χ2v) is 8.36. The monoisotopic (exact) mass is 447 g/mol. The van der Waals surface area contributed by atoms with Crippen molar-refractivity contribution in [1.29, 1.82) is 0 Å². The van der Waals surface area contributed by atoms with E-state index in [2.05, 4.69) is 9.69 Å². The molecule has 0 spiro atoms. The van der Waals surface area contributed by atoms with Crippen LogP contribution in [0.2, 0.25) is 0 Å². The van der Waals surface area contributed by atoms with Gasteiger partial charge in [0.15, 0.2) is 5.69 Å². The van der Waals surface area contributed by atoms with Gasteiger partial charge in [0, 0.05) is 11.7 Å². The number of nitrogens with one attached hydrogen (secondary N) is 1. The lowest BCUT2D eigenvalue weighted by molar-refractivity contribution is -0.123. The molecule has 1 atom stereocenters. The Morgan fingerprint density at radius 2 is 2.03 bits per heavy atom. The van der Waals surface area contributed by atoms with Gasteiger partial charge in [-0.1, -0.05) is 32.3 Å². The number of anilines is 2. The number of nitrogen functional groups attached to an aromatic ring is 1. The number of benzene rings is 1. The average Bonchev–Trinajstić information content (AvgIpc) is 3.37. The first-order valence-electron chi connectivity index (χ1n) is 10.3. The lowest BCUT2D eigenvalue weighted by atomic mass is 10.1. The van der Waals surface area contributed by atoms with E-state index in [4.69, 9.17) is 11.5 Å². The number of nitrogens with zero attached hydrogens (tertiary/aromatic N) is 2. The van der Waals surface area contributed by atoms with Gasteiger partial charge < -0.3 is 16.8 Å². The number of nitrogens with two attached hydrogens (primary N) is 2. The highest BCUT2D eigenvalue weighted by molar-refractivity contribution is 7.09. The lowest BCUT2D eigenvalue weighted by Gasteiger charge is -2.31. The van der Waals surface area contributed by atoms with Gasteiger partial charge in [0.1, 0.15) is 16.7 Å². The number of hydrogen-bond donors (Lipinski definition) is 3. The van der Waals surface area contributed by atoms with E-state index in [0.717, 1.165) is 37.2 Å². The number of carbonyl (C=O) groups is 3. The Morgan fingerprint density at radius 3 is 2.61 bits per heavy atom. The number of amides is 3. The summed E-state index contributed by atoms with van der Waals surface area (Å²) in [6.07, 6.45) is 4.85. The van der Waals surface area contributed by atoms with Crippen molar-refractivity contribution in [3.63, 3.8) is 0 Å². The summed E-state index contributed by atoms with van der Waals surface area (Å²) in [6.45, 7) is 1.90. The van der Waals surface area contributed by atoms with E-state index in [1.54, 1.807) is 6.07 Å². The van der Waals surface area contributed by atoms with Crippen molar-refractivity contribution in [3.05, 3.63) is 40.7 Å². The number of carbonyl (C=O) groups excluding carboxylic acids is 3. The minimum atomic E-state index is -0.876. The summed E-state index contributed by atoms with van der Waals surface area (Å²) >= 11 is 0.727. The van der Waals surface area contributed by atoms with Gasteiger partial charge in [0.2, 0.25) is 5.91 Å². The van der Waals surface area contributed by atoms with Crippen LogP contribution in [0.3, 0.4) is 0 Å².